The number of nitriles is 1. The Morgan fingerprint density at radius 1 is 1.11 bits per heavy atom. The van der Waals surface area contributed by atoms with Crippen LogP contribution in [0.15, 0.2) is 62.2 Å². The Kier molecular flexibility index (Phi) is 14.2. The van der Waals surface area contributed by atoms with Gasteiger partial charge in [-0.05, 0) is 106 Å². The van der Waals surface area contributed by atoms with Crippen molar-refractivity contribution in [1.82, 2.24) is 35.4 Å². The van der Waals surface area contributed by atoms with Gasteiger partial charge in [-0.2, -0.15) is 5.26 Å². The van der Waals surface area contributed by atoms with Crippen molar-refractivity contribution in [2.75, 3.05) is 50.0 Å². The molecule has 0 saturated carbocycles. The second-order valence-corrected chi connectivity index (χ2v) is 20.1. The molecular formula is C47H57BrN10O6S. The Labute approximate surface area is 391 Å². The monoisotopic (exact) mass is 968 g/mol. The Morgan fingerprint density at radius 3 is 2.71 bits per heavy atom. The van der Waals surface area contributed by atoms with E-state index in [9.17, 15) is 20.0 Å². The van der Waals surface area contributed by atoms with Crippen LogP contribution >= 0.6 is 27.3 Å². The molecule has 2 fully saturated rings. The van der Waals surface area contributed by atoms with Crippen LogP contribution in [-0.2, 0) is 28.0 Å². The highest BCUT2D eigenvalue weighted by Gasteiger charge is 2.44. The number of halogens is 1. The fraction of sp³-hybridized carbons (Fsp3) is 0.511. The first-order valence-electron chi connectivity index (χ1n) is 22.5. The molecule has 4 aromatic heterocycles. The molecule has 3 aliphatic rings. The molecule has 4 N–H and O–H groups in total. The van der Waals surface area contributed by atoms with E-state index in [-0.39, 0.29) is 36.7 Å². The van der Waals surface area contributed by atoms with E-state index in [2.05, 4.69) is 66.3 Å². The zero-order valence-electron chi connectivity index (χ0n) is 37.3. The van der Waals surface area contributed by atoms with Gasteiger partial charge in [-0.1, -0.05) is 47.1 Å². The number of aliphatic hydroxyl groups excluding tert-OH is 1. The first kappa shape index (κ1) is 46.2. The number of β-amino-alcohol motifs (C(OH)–C–C–N with tert-alkyl or cyclic N) is 1. The maximum absolute atomic E-state index is 14.0. The number of carbonyl (C=O) groups excluding carboxylic acids is 2. The summed E-state index contributed by atoms with van der Waals surface area (Å²) in [4.78, 5) is 44.3. The first-order chi connectivity index (χ1) is 31.3. The van der Waals surface area contributed by atoms with E-state index in [1.165, 1.54) is 16.2 Å². The number of aromatic nitrogens is 4. The average molecular weight is 970 g/mol. The number of nitrogen functional groups attached to an aromatic ring is 1. The minimum atomic E-state index is -0.804. The third-order valence-electron chi connectivity index (χ3n) is 13.0. The van der Waals surface area contributed by atoms with Gasteiger partial charge in [0.1, 0.15) is 34.5 Å². The Balaban J connectivity index is 0.815. The van der Waals surface area contributed by atoms with Gasteiger partial charge in [0.2, 0.25) is 17.8 Å². The number of benzene rings is 1. The molecule has 0 spiro atoms. The summed E-state index contributed by atoms with van der Waals surface area (Å²) in [6, 6.07) is 14.8. The molecule has 0 bridgehead atoms. The largest absolute Gasteiger partial charge is 0.476 e. The molecule has 2 amide bonds. The van der Waals surface area contributed by atoms with Gasteiger partial charge in [0.05, 0.1) is 29.4 Å². The van der Waals surface area contributed by atoms with Crippen molar-refractivity contribution in [1.29, 1.82) is 5.26 Å². The van der Waals surface area contributed by atoms with Gasteiger partial charge in [0.15, 0.2) is 5.76 Å². The van der Waals surface area contributed by atoms with E-state index in [1.807, 2.05) is 50.2 Å². The summed E-state index contributed by atoms with van der Waals surface area (Å²) in [5, 5.41) is 32.5. The molecule has 1 aliphatic carbocycles. The smallest absolute Gasteiger partial charge is 0.254 e. The van der Waals surface area contributed by atoms with Gasteiger partial charge in [-0.25, -0.2) is 9.97 Å². The second kappa shape index (κ2) is 20.0. The van der Waals surface area contributed by atoms with Gasteiger partial charge in [0, 0.05) is 66.3 Å². The molecular weight excluding hydrogens is 913 g/mol. The van der Waals surface area contributed by atoms with Crippen LogP contribution in [0.5, 0.6) is 5.88 Å². The number of aliphatic hydroxyl groups is 1. The third kappa shape index (κ3) is 10.1. The minimum absolute atomic E-state index is 0.0655. The van der Waals surface area contributed by atoms with Crippen LogP contribution in [0.2, 0.25) is 0 Å². The lowest BCUT2D eigenvalue weighted by Gasteiger charge is -2.31. The average Bonchev–Trinajstić information content (AvgIpc) is 4.09. The maximum atomic E-state index is 14.0. The number of carbonyl (C=O) groups is 2. The van der Waals surface area contributed by atoms with E-state index in [0.717, 1.165) is 85.2 Å². The summed E-state index contributed by atoms with van der Waals surface area (Å²) in [5.41, 5.74) is 9.51. The van der Waals surface area contributed by atoms with Crippen LogP contribution in [0.25, 0.3) is 11.4 Å². The number of aryl methyl sites for hydroxylation is 1. The number of thiophene rings is 1. The number of anilines is 2. The van der Waals surface area contributed by atoms with Gasteiger partial charge in [-0.3, -0.25) is 9.59 Å². The number of ether oxygens (including phenoxy) is 1. The Hall–Kier alpha value is -5.35. The molecule has 344 valence electrons. The number of likely N-dealkylation sites (tertiary alicyclic amines) is 1. The van der Waals surface area contributed by atoms with Crippen LogP contribution < -0.4 is 20.7 Å². The van der Waals surface area contributed by atoms with Gasteiger partial charge < -0.3 is 44.6 Å². The molecule has 65 heavy (non-hydrogen) atoms. The van der Waals surface area contributed by atoms with E-state index < -0.39 is 23.5 Å². The number of amides is 2. The highest BCUT2D eigenvalue weighted by Crippen LogP contribution is 2.49. The number of nitrogens with one attached hydrogen (secondary N) is 1. The van der Waals surface area contributed by atoms with E-state index in [1.54, 1.807) is 12.3 Å². The Bertz CT molecular complexity index is 2500. The minimum Gasteiger partial charge on any atom is -0.476 e. The lowest BCUT2D eigenvalue weighted by Crippen LogP contribution is -2.48. The predicted molar refractivity (Wildman–Crippen MR) is 249 cm³/mol. The van der Waals surface area contributed by atoms with Crippen molar-refractivity contribution >= 4 is 50.0 Å². The molecule has 5 atom stereocenters. The molecule has 5 aromatic rings. The van der Waals surface area contributed by atoms with Crippen LogP contribution in [-0.4, -0.2) is 105 Å². The van der Waals surface area contributed by atoms with Crippen LogP contribution in [0.3, 0.4) is 0 Å². The number of unbranched alkanes of at least 4 members (excludes halogenated alkanes) is 1. The van der Waals surface area contributed by atoms with E-state index >= 15 is 0 Å². The lowest BCUT2D eigenvalue weighted by molar-refractivity contribution is -0.141. The molecule has 8 rings (SSSR count). The van der Waals surface area contributed by atoms with Gasteiger partial charge in [-0.15, -0.1) is 11.3 Å². The second-order valence-electron chi connectivity index (χ2n) is 18.0. The molecule has 1 aromatic carbocycles. The Morgan fingerprint density at radius 2 is 1.92 bits per heavy atom. The van der Waals surface area contributed by atoms with Gasteiger partial charge >= 0.3 is 0 Å². The SMILES string of the molecule is CC(C)C(C(=O)N1C[C@H](O)C[C@H]1C(=O)NCc1ccc(Br)cc1)c1cc(OCCCCN2CCCN(c3nccc(-c4cc([C@@]5(C)CCCc6sc(N)c(C#N)c65)on4)n3)[C@@H](C)C2)no1. The van der Waals surface area contributed by atoms with Crippen LogP contribution in [0.1, 0.15) is 105 Å². The van der Waals surface area contributed by atoms with Crippen molar-refractivity contribution in [2.45, 2.75) is 109 Å². The predicted octanol–water partition coefficient (Wildman–Crippen LogP) is 6.82. The zero-order chi connectivity index (χ0) is 45.8. The standard InChI is InChI=1S/C47H57BrN10O6S/c1-28(2)41(45(61)58-27-32(59)21-36(58)44(60)52-25-30-10-12-31(48)13-11-30)37-23-40(55-63-37)62-20-6-5-17-56-18-8-19-57(29(3)26-56)46-51-16-14-34(53-46)35-22-39(64-54-35)47(4)15-7-9-38-42(47)33(24-49)43(50)65-38/h10-14,16,22-23,28-29,32,36,41,59H,5-9,15,17-21,25-27,50H2,1-4H3,(H,52,60)/t29-,32+,36-,41?,47+/m0/s1. The van der Waals surface area contributed by atoms with Gasteiger partial charge in [0.25, 0.3) is 5.88 Å². The molecule has 18 heteroatoms. The summed E-state index contributed by atoms with van der Waals surface area (Å²) in [6.45, 7) is 12.5. The van der Waals surface area contributed by atoms with Crippen LogP contribution in [0.4, 0.5) is 10.9 Å². The zero-order valence-corrected chi connectivity index (χ0v) is 39.7. The van der Waals surface area contributed by atoms with Crippen molar-refractivity contribution in [3.8, 4) is 23.3 Å². The van der Waals surface area contributed by atoms with Crippen molar-refractivity contribution in [2.24, 2.45) is 5.92 Å². The highest BCUT2D eigenvalue weighted by molar-refractivity contribution is 9.10. The van der Waals surface area contributed by atoms with E-state index in [0.29, 0.717) is 58.5 Å². The van der Waals surface area contributed by atoms with E-state index in [4.69, 9.17) is 24.5 Å². The maximum Gasteiger partial charge on any atom is 0.254 e. The lowest BCUT2D eigenvalue weighted by atomic mass is 9.71. The number of nitrogens with zero attached hydrogens (tertiary/aromatic N) is 8. The number of rotatable bonds is 15. The van der Waals surface area contributed by atoms with Crippen molar-refractivity contribution in [3.05, 3.63) is 86.2 Å². The fourth-order valence-electron chi connectivity index (χ4n) is 9.61. The summed E-state index contributed by atoms with van der Waals surface area (Å²) in [5.74, 6) is 0.571. The summed E-state index contributed by atoms with van der Waals surface area (Å²) >= 11 is 4.93. The molecule has 6 heterocycles. The van der Waals surface area contributed by atoms with Crippen LogP contribution in [0, 0.1) is 17.2 Å². The molecule has 1 unspecified atom stereocenters. The third-order valence-corrected chi connectivity index (χ3v) is 14.6. The van der Waals surface area contributed by atoms with Crippen molar-refractivity contribution < 1.29 is 28.5 Å². The molecule has 2 saturated heterocycles. The fourth-order valence-corrected chi connectivity index (χ4v) is 11.1. The first-order valence-corrected chi connectivity index (χ1v) is 24.1. The summed E-state index contributed by atoms with van der Waals surface area (Å²) in [7, 11) is 0. The summed E-state index contributed by atoms with van der Waals surface area (Å²) < 4.78 is 18.6. The number of hydrogen-bond acceptors (Lipinski definition) is 15. The number of hydrogen-bond donors (Lipinski definition) is 3. The number of fused-ring (bicyclic) bond motifs is 1. The normalized spacial score (nSPS) is 21.8. The molecule has 0 radical (unpaired) electrons. The summed E-state index contributed by atoms with van der Waals surface area (Å²) in [6.07, 6.45) is 6.52. The number of nitrogens with two attached hydrogens (primary N) is 1. The molecule has 16 nitrogen and oxygen atoms in total. The molecule has 2 aliphatic heterocycles. The quantitative estimate of drug-likeness (QED) is 0.0920. The topological polar surface area (TPSA) is 213 Å². The highest BCUT2D eigenvalue weighted by atomic mass is 79.9. The van der Waals surface area contributed by atoms with Crippen molar-refractivity contribution in [3.63, 3.8) is 0 Å².